The van der Waals surface area contributed by atoms with E-state index >= 15 is 0 Å². The van der Waals surface area contributed by atoms with Gasteiger partial charge in [0.2, 0.25) is 5.91 Å². The third-order valence-corrected chi connectivity index (χ3v) is 5.00. The fourth-order valence-corrected chi connectivity index (χ4v) is 3.61. The summed E-state index contributed by atoms with van der Waals surface area (Å²) in [5, 5.41) is 4.58. The summed E-state index contributed by atoms with van der Waals surface area (Å²) in [5.74, 6) is -0.400. The Morgan fingerprint density at radius 2 is 1.96 bits per heavy atom. The van der Waals surface area contributed by atoms with Crippen LogP contribution < -0.4 is 10.1 Å². The first-order chi connectivity index (χ1) is 12.5. The Bertz CT molecular complexity index is 750. The maximum absolute atomic E-state index is 12.7. The van der Waals surface area contributed by atoms with Gasteiger partial charge in [0.1, 0.15) is 11.8 Å². The number of nitrogens with one attached hydrogen (secondary N) is 1. The maximum atomic E-state index is 12.7. The largest absolute Gasteiger partial charge is 0.435 e. The fraction of sp³-hybridized carbons (Fsp3) is 0.333. The molecular formula is C18H18F2N2O3S. The Labute approximate surface area is 153 Å². The van der Waals surface area contributed by atoms with Crippen LogP contribution in [0.25, 0.3) is 0 Å². The van der Waals surface area contributed by atoms with Crippen molar-refractivity contribution in [1.29, 1.82) is 0 Å². The molecule has 1 aliphatic rings. The molecule has 0 bridgehead atoms. The number of thiophene rings is 1. The van der Waals surface area contributed by atoms with E-state index in [0.717, 1.165) is 12.8 Å². The van der Waals surface area contributed by atoms with Crippen molar-refractivity contribution in [3.8, 4) is 5.75 Å². The summed E-state index contributed by atoms with van der Waals surface area (Å²) in [6.45, 7) is -2.36. The molecule has 1 aromatic heterocycles. The molecule has 3 rings (SSSR count). The molecule has 5 nitrogen and oxygen atoms in total. The summed E-state index contributed by atoms with van der Waals surface area (Å²) in [7, 11) is 0. The molecule has 1 atom stereocenters. The second-order valence-electron chi connectivity index (χ2n) is 5.88. The first kappa shape index (κ1) is 18.3. The Hall–Kier alpha value is -2.48. The van der Waals surface area contributed by atoms with Crippen LogP contribution in [-0.4, -0.2) is 35.9 Å². The summed E-state index contributed by atoms with van der Waals surface area (Å²) < 4.78 is 28.6. The third kappa shape index (κ3) is 4.37. The summed E-state index contributed by atoms with van der Waals surface area (Å²) in [6.07, 6.45) is 2.32. The lowest BCUT2D eigenvalue weighted by molar-refractivity contribution is -0.121. The fourth-order valence-electron chi connectivity index (χ4n) is 2.93. The van der Waals surface area contributed by atoms with E-state index < -0.39 is 12.7 Å². The van der Waals surface area contributed by atoms with Gasteiger partial charge in [0.05, 0.1) is 4.88 Å². The van der Waals surface area contributed by atoms with Crippen molar-refractivity contribution in [3.63, 3.8) is 0 Å². The van der Waals surface area contributed by atoms with E-state index in [0.29, 0.717) is 23.5 Å². The number of hydrogen-bond acceptors (Lipinski definition) is 4. The van der Waals surface area contributed by atoms with E-state index in [4.69, 9.17) is 0 Å². The summed E-state index contributed by atoms with van der Waals surface area (Å²) in [4.78, 5) is 27.5. The predicted molar refractivity (Wildman–Crippen MR) is 94.7 cm³/mol. The maximum Gasteiger partial charge on any atom is 0.387 e. The average molecular weight is 380 g/mol. The van der Waals surface area contributed by atoms with E-state index in [1.807, 2.05) is 5.38 Å². The van der Waals surface area contributed by atoms with E-state index in [9.17, 15) is 18.4 Å². The normalized spacial score (nSPS) is 17.2. The van der Waals surface area contributed by atoms with Crippen molar-refractivity contribution in [2.75, 3.05) is 11.9 Å². The minimum atomic E-state index is -2.89. The summed E-state index contributed by atoms with van der Waals surface area (Å²) >= 11 is 1.35. The minimum Gasteiger partial charge on any atom is -0.435 e. The smallest absolute Gasteiger partial charge is 0.387 e. The molecule has 2 heterocycles. The van der Waals surface area contributed by atoms with Gasteiger partial charge in [-0.2, -0.15) is 8.78 Å². The molecule has 0 aliphatic carbocycles. The molecular weight excluding hydrogens is 362 g/mol. The van der Waals surface area contributed by atoms with Gasteiger partial charge in [0.15, 0.2) is 0 Å². The summed E-state index contributed by atoms with van der Waals surface area (Å²) in [6, 6.07) is 8.70. The van der Waals surface area contributed by atoms with E-state index in [1.54, 1.807) is 17.0 Å². The van der Waals surface area contributed by atoms with Crippen molar-refractivity contribution in [3.05, 3.63) is 46.7 Å². The molecule has 0 saturated carbocycles. The Kier molecular flexibility index (Phi) is 5.82. The number of halogens is 2. The molecule has 1 N–H and O–H groups in total. The molecule has 0 unspecified atom stereocenters. The second-order valence-corrected chi connectivity index (χ2v) is 6.83. The number of ether oxygens (including phenoxy) is 1. The van der Waals surface area contributed by atoms with Crippen molar-refractivity contribution >= 4 is 28.8 Å². The lowest BCUT2D eigenvalue weighted by Gasteiger charge is -2.34. The Morgan fingerprint density at radius 1 is 1.19 bits per heavy atom. The van der Waals surface area contributed by atoms with Crippen LogP contribution in [0.5, 0.6) is 5.75 Å². The number of rotatable bonds is 5. The van der Waals surface area contributed by atoms with Crippen molar-refractivity contribution in [1.82, 2.24) is 4.90 Å². The number of hydrogen-bond donors (Lipinski definition) is 1. The van der Waals surface area contributed by atoms with Crippen LogP contribution in [0.2, 0.25) is 0 Å². The molecule has 8 heteroatoms. The van der Waals surface area contributed by atoms with Crippen LogP contribution in [-0.2, 0) is 4.79 Å². The van der Waals surface area contributed by atoms with Gasteiger partial charge >= 0.3 is 6.61 Å². The van der Waals surface area contributed by atoms with Gasteiger partial charge in [-0.25, -0.2) is 0 Å². The lowest BCUT2D eigenvalue weighted by atomic mass is 10.0. The SMILES string of the molecule is O=C(Nc1ccc(OC(F)F)cc1)[C@@H]1CCCCN1C(=O)c1cccs1. The zero-order chi connectivity index (χ0) is 18.5. The first-order valence-corrected chi connectivity index (χ1v) is 9.13. The van der Waals surface area contributed by atoms with Crippen LogP contribution in [0.1, 0.15) is 28.9 Å². The quantitative estimate of drug-likeness (QED) is 0.854. The third-order valence-electron chi connectivity index (χ3n) is 4.15. The highest BCUT2D eigenvalue weighted by atomic mass is 32.1. The number of benzene rings is 1. The van der Waals surface area contributed by atoms with Crippen LogP contribution in [0.3, 0.4) is 0 Å². The highest BCUT2D eigenvalue weighted by molar-refractivity contribution is 7.12. The second kappa shape index (κ2) is 8.27. The molecule has 1 aromatic carbocycles. The van der Waals surface area contributed by atoms with Gasteiger partial charge in [-0.3, -0.25) is 9.59 Å². The number of alkyl halides is 2. The number of piperidine rings is 1. The van der Waals surface area contributed by atoms with Crippen LogP contribution in [0.15, 0.2) is 41.8 Å². The van der Waals surface area contributed by atoms with Crippen LogP contribution >= 0.6 is 11.3 Å². The standard InChI is InChI=1S/C18H18F2N2O3S/c19-18(20)25-13-8-6-12(7-9-13)21-16(23)14-4-1-2-10-22(14)17(24)15-5-3-11-26-15/h3,5-9,11,14,18H,1-2,4,10H2,(H,21,23)/t14-/m0/s1. The molecule has 1 aliphatic heterocycles. The highest BCUT2D eigenvalue weighted by Gasteiger charge is 2.33. The van der Waals surface area contributed by atoms with Gasteiger partial charge in [-0.15, -0.1) is 11.3 Å². The molecule has 138 valence electrons. The van der Waals surface area contributed by atoms with E-state index in [-0.39, 0.29) is 17.6 Å². The zero-order valence-corrected chi connectivity index (χ0v) is 14.7. The van der Waals surface area contributed by atoms with Gasteiger partial charge < -0.3 is 15.0 Å². The minimum absolute atomic E-state index is 0.0187. The zero-order valence-electron chi connectivity index (χ0n) is 13.9. The van der Waals surface area contributed by atoms with Gasteiger partial charge in [-0.1, -0.05) is 6.07 Å². The van der Waals surface area contributed by atoms with Crippen molar-refractivity contribution in [2.24, 2.45) is 0 Å². The molecule has 1 saturated heterocycles. The number of carbonyl (C=O) groups is 2. The molecule has 2 aromatic rings. The van der Waals surface area contributed by atoms with Gasteiger partial charge in [-0.05, 0) is 55.0 Å². The van der Waals surface area contributed by atoms with Crippen LogP contribution in [0.4, 0.5) is 14.5 Å². The summed E-state index contributed by atoms with van der Waals surface area (Å²) in [5.41, 5.74) is 0.464. The predicted octanol–water partition coefficient (Wildman–Crippen LogP) is 3.98. The molecule has 26 heavy (non-hydrogen) atoms. The molecule has 1 fully saturated rings. The van der Waals surface area contributed by atoms with E-state index in [2.05, 4.69) is 10.1 Å². The first-order valence-electron chi connectivity index (χ1n) is 8.25. The number of nitrogens with zero attached hydrogens (tertiary/aromatic N) is 1. The lowest BCUT2D eigenvalue weighted by Crippen LogP contribution is -2.49. The Balaban J connectivity index is 1.67. The monoisotopic (exact) mass is 380 g/mol. The number of likely N-dealkylation sites (tertiary alicyclic amines) is 1. The van der Waals surface area contributed by atoms with Gasteiger partial charge in [0.25, 0.3) is 5.91 Å². The number of anilines is 1. The number of carbonyl (C=O) groups excluding carboxylic acids is 2. The van der Waals surface area contributed by atoms with Crippen molar-refractivity contribution in [2.45, 2.75) is 31.9 Å². The van der Waals surface area contributed by atoms with Crippen molar-refractivity contribution < 1.29 is 23.1 Å². The van der Waals surface area contributed by atoms with Gasteiger partial charge in [0, 0.05) is 12.2 Å². The molecule has 0 spiro atoms. The Morgan fingerprint density at radius 3 is 2.62 bits per heavy atom. The van der Waals surface area contributed by atoms with E-state index in [1.165, 1.54) is 35.6 Å². The average Bonchev–Trinajstić information content (AvgIpc) is 3.17. The highest BCUT2D eigenvalue weighted by Crippen LogP contribution is 2.24. The number of amides is 2. The topological polar surface area (TPSA) is 58.6 Å². The molecule has 2 amide bonds. The molecule has 0 radical (unpaired) electrons. The van der Waals surface area contributed by atoms with Crippen LogP contribution in [0, 0.1) is 0 Å².